The van der Waals surface area contributed by atoms with Gasteiger partial charge in [-0.3, -0.25) is 4.98 Å². The molecule has 0 saturated carbocycles. The minimum absolute atomic E-state index is 0.875. The number of pyridine rings is 1. The summed E-state index contributed by atoms with van der Waals surface area (Å²) in [6.07, 6.45) is 2.84. The van der Waals surface area contributed by atoms with E-state index >= 15 is 0 Å². The molecule has 4 heteroatoms. The van der Waals surface area contributed by atoms with Crippen LogP contribution in [-0.2, 0) is 12.2 Å². The molecule has 0 N–H and O–H groups in total. The molecule has 0 amide bonds. The number of hydrogen-bond acceptors (Lipinski definition) is 4. The van der Waals surface area contributed by atoms with Gasteiger partial charge in [0.25, 0.3) is 0 Å². The molecule has 0 unspecified atom stereocenters. The van der Waals surface area contributed by atoms with Crippen molar-refractivity contribution in [2.45, 2.75) is 19.1 Å². The van der Waals surface area contributed by atoms with Crippen LogP contribution in [0.25, 0.3) is 0 Å². The standard InChI is InChI=1S/C12H14N2OS/c1-10-8-12(14-15-10)9-16-7-5-11-4-2-3-6-13-11/h2-4,6,8H,5,7,9H2,1H3. The van der Waals surface area contributed by atoms with Gasteiger partial charge in [0.1, 0.15) is 5.76 Å². The van der Waals surface area contributed by atoms with E-state index in [2.05, 4.69) is 16.2 Å². The summed E-state index contributed by atoms with van der Waals surface area (Å²) in [5.41, 5.74) is 2.16. The Morgan fingerprint density at radius 3 is 2.94 bits per heavy atom. The minimum Gasteiger partial charge on any atom is -0.361 e. The summed E-state index contributed by atoms with van der Waals surface area (Å²) in [5, 5.41) is 3.95. The lowest BCUT2D eigenvalue weighted by Crippen LogP contribution is -1.92. The topological polar surface area (TPSA) is 38.9 Å². The average Bonchev–Trinajstić information content (AvgIpc) is 2.72. The first kappa shape index (κ1) is 11.2. The molecule has 0 aromatic carbocycles. The predicted octanol–water partition coefficient (Wildman–Crippen LogP) is 2.85. The molecule has 0 aliphatic carbocycles. The van der Waals surface area contributed by atoms with Crippen LogP contribution >= 0.6 is 11.8 Å². The van der Waals surface area contributed by atoms with Crippen molar-refractivity contribution in [3.8, 4) is 0 Å². The monoisotopic (exact) mass is 234 g/mol. The van der Waals surface area contributed by atoms with Crippen molar-refractivity contribution in [3.05, 3.63) is 47.6 Å². The van der Waals surface area contributed by atoms with Crippen molar-refractivity contribution in [1.82, 2.24) is 10.1 Å². The van der Waals surface area contributed by atoms with Crippen LogP contribution in [0.15, 0.2) is 35.0 Å². The molecule has 2 aromatic heterocycles. The minimum atomic E-state index is 0.875. The summed E-state index contributed by atoms with van der Waals surface area (Å²) in [6.45, 7) is 1.91. The summed E-state index contributed by atoms with van der Waals surface area (Å²) in [7, 11) is 0. The number of hydrogen-bond donors (Lipinski definition) is 0. The second-order valence-electron chi connectivity index (χ2n) is 3.55. The van der Waals surface area contributed by atoms with Crippen molar-refractivity contribution in [3.63, 3.8) is 0 Å². The highest BCUT2D eigenvalue weighted by Crippen LogP contribution is 2.13. The molecule has 84 valence electrons. The van der Waals surface area contributed by atoms with E-state index in [1.165, 1.54) is 0 Å². The van der Waals surface area contributed by atoms with Crippen LogP contribution in [0, 0.1) is 6.92 Å². The van der Waals surface area contributed by atoms with Crippen molar-refractivity contribution in [2.24, 2.45) is 0 Å². The smallest absolute Gasteiger partial charge is 0.133 e. The highest BCUT2D eigenvalue weighted by molar-refractivity contribution is 7.98. The third-order valence-corrected chi connectivity index (χ3v) is 3.15. The van der Waals surface area contributed by atoms with Gasteiger partial charge in [-0.1, -0.05) is 11.2 Å². The van der Waals surface area contributed by atoms with Crippen LogP contribution in [0.5, 0.6) is 0 Å². The molecular weight excluding hydrogens is 220 g/mol. The van der Waals surface area contributed by atoms with Crippen LogP contribution in [0.1, 0.15) is 17.1 Å². The molecule has 0 radical (unpaired) electrons. The van der Waals surface area contributed by atoms with E-state index in [-0.39, 0.29) is 0 Å². The molecule has 2 aromatic rings. The summed E-state index contributed by atoms with van der Waals surface area (Å²) in [4.78, 5) is 4.28. The Bertz CT molecular complexity index is 428. The zero-order chi connectivity index (χ0) is 11.2. The molecule has 0 aliphatic rings. The predicted molar refractivity (Wildman–Crippen MR) is 65.3 cm³/mol. The van der Waals surface area contributed by atoms with E-state index in [9.17, 15) is 0 Å². The molecular formula is C12H14N2OS. The van der Waals surface area contributed by atoms with Gasteiger partial charge in [0.15, 0.2) is 0 Å². The van der Waals surface area contributed by atoms with Crippen molar-refractivity contribution >= 4 is 11.8 Å². The lowest BCUT2D eigenvalue weighted by atomic mass is 10.3. The van der Waals surface area contributed by atoms with Crippen LogP contribution in [0.4, 0.5) is 0 Å². The number of rotatable bonds is 5. The first-order chi connectivity index (χ1) is 7.84. The quantitative estimate of drug-likeness (QED) is 0.746. The van der Waals surface area contributed by atoms with Crippen LogP contribution < -0.4 is 0 Å². The number of aromatic nitrogens is 2. The van der Waals surface area contributed by atoms with Gasteiger partial charge >= 0.3 is 0 Å². The number of thioether (sulfide) groups is 1. The lowest BCUT2D eigenvalue weighted by Gasteiger charge is -1.98. The zero-order valence-corrected chi connectivity index (χ0v) is 10.0. The Balaban J connectivity index is 1.69. The maximum absolute atomic E-state index is 5.00. The molecule has 16 heavy (non-hydrogen) atoms. The molecule has 2 rings (SSSR count). The Morgan fingerprint density at radius 1 is 1.31 bits per heavy atom. The average molecular weight is 234 g/mol. The second kappa shape index (κ2) is 5.70. The lowest BCUT2D eigenvalue weighted by molar-refractivity contribution is 0.393. The number of nitrogens with zero attached hydrogens (tertiary/aromatic N) is 2. The fourth-order valence-electron chi connectivity index (χ4n) is 1.39. The molecule has 3 nitrogen and oxygen atoms in total. The van der Waals surface area contributed by atoms with E-state index in [1.54, 1.807) is 0 Å². The maximum atomic E-state index is 5.00. The van der Waals surface area contributed by atoms with E-state index in [0.717, 1.165) is 35.1 Å². The van der Waals surface area contributed by atoms with Crippen LogP contribution in [0.3, 0.4) is 0 Å². The Hall–Kier alpha value is -1.29. The van der Waals surface area contributed by atoms with Gasteiger partial charge in [0, 0.05) is 23.7 Å². The zero-order valence-electron chi connectivity index (χ0n) is 9.22. The molecule has 0 fully saturated rings. The van der Waals surface area contributed by atoms with E-state index in [1.807, 2.05) is 43.1 Å². The second-order valence-corrected chi connectivity index (χ2v) is 4.66. The van der Waals surface area contributed by atoms with E-state index in [4.69, 9.17) is 4.52 Å². The van der Waals surface area contributed by atoms with Crippen LogP contribution in [0.2, 0.25) is 0 Å². The van der Waals surface area contributed by atoms with Gasteiger partial charge in [-0.25, -0.2) is 0 Å². The fourth-order valence-corrected chi connectivity index (χ4v) is 2.23. The Kier molecular flexibility index (Phi) is 3.99. The van der Waals surface area contributed by atoms with Gasteiger partial charge in [0.05, 0.1) is 5.69 Å². The molecule has 0 bridgehead atoms. The van der Waals surface area contributed by atoms with E-state index in [0.29, 0.717) is 0 Å². The van der Waals surface area contributed by atoms with E-state index < -0.39 is 0 Å². The third kappa shape index (κ3) is 3.38. The van der Waals surface area contributed by atoms with Gasteiger partial charge in [-0.2, -0.15) is 11.8 Å². The summed E-state index contributed by atoms with van der Waals surface area (Å²) < 4.78 is 5.00. The summed E-state index contributed by atoms with van der Waals surface area (Å²) in [6, 6.07) is 8.00. The summed E-state index contributed by atoms with van der Waals surface area (Å²) in [5.74, 6) is 2.84. The largest absolute Gasteiger partial charge is 0.361 e. The van der Waals surface area contributed by atoms with Crippen molar-refractivity contribution in [1.29, 1.82) is 0 Å². The van der Waals surface area contributed by atoms with Crippen molar-refractivity contribution in [2.75, 3.05) is 5.75 Å². The SMILES string of the molecule is Cc1cc(CSCCc2ccccn2)no1. The highest BCUT2D eigenvalue weighted by atomic mass is 32.2. The molecule has 0 atom stereocenters. The summed E-state index contributed by atoms with van der Waals surface area (Å²) >= 11 is 1.85. The molecule has 0 aliphatic heterocycles. The van der Waals surface area contributed by atoms with Gasteiger partial charge < -0.3 is 4.52 Å². The Morgan fingerprint density at radius 2 is 2.25 bits per heavy atom. The normalized spacial score (nSPS) is 10.6. The highest BCUT2D eigenvalue weighted by Gasteiger charge is 2.00. The van der Waals surface area contributed by atoms with Crippen LogP contribution in [-0.4, -0.2) is 15.9 Å². The van der Waals surface area contributed by atoms with Gasteiger partial charge in [-0.05, 0) is 31.2 Å². The van der Waals surface area contributed by atoms with Crippen molar-refractivity contribution < 1.29 is 4.52 Å². The first-order valence-electron chi connectivity index (χ1n) is 5.24. The molecule has 0 saturated heterocycles. The third-order valence-electron chi connectivity index (χ3n) is 2.16. The molecule has 2 heterocycles. The fraction of sp³-hybridized carbons (Fsp3) is 0.333. The maximum Gasteiger partial charge on any atom is 0.133 e. The van der Waals surface area contributed by atoms with Gasteiger partial charge in [-0.15, -0.1) is 0 Å². The first-order valence-corrected chi connectivity index (χ1v) is 6.40. The molecule has 0 spiro atoms. The van der Waals surface area contributed by atoms with Gasteiger partial charge in [0.2, 0.25) is 0 Å². The Labute approximate surface area is 99.3 Å². The number of aryl methyl sites for hydroxylation is 2.